The third-order valence-electron chi connectivity index (χ3n) is 3.92. The quantitative estimate of drug-likeness (QED) is 0.510. The van der Waals surface area contributed by atoms with E-state index in [0.717, 1.165) is 11.3 Å². The van der Waals surface area contributed by atoms with Gasteiger partial charge in [0.15, 0.2) is 5.11 Å². The summed E-state index contributed by atoms with van der Waals surface area (Å²) in [5.41, 5.74) is 3.88. The summed E-state index contributed by atoms with van der Waals surface area (Å²) < 4.78 is 5.12. The normalized spacial score (nSPS) is 22.0. The number of methoxy groups -OCH3 is 1. The van der Waals surface area contributed by atoms with Crippen LogP contribution in [0.2, 0.25) is 0 Å². The van der Waals surface area contributed by atoms with Crippen LogP contribution in [0.1, 0.15) is 38.2 Å². The molecule has 1 aromatic rings. The molecule has 4 nitrogen and oxygen atoms in total. The zero-order chi connectivity index (χ0) is 15.1. The summed E-state index contributed by atoms with van der Waals surface area (Å²) in [6.07, 6.45) is 6.81. The number of thiocarbonyl (C=S) groups is 1. The van der Waals surface area contributed by atoms with Gasteiger partial charge in [0.05, 0.1) is 13.3 Å². The highest BCUT2D eigenvalue weighted by Crippen LogP contribution is 2.23. The maximum atomic E-state index is 5.29. The molecule has 0 spiro atoms. The first-order chi connectivity index (χ1) is 10.2. The van der Waals surface area contributed by atoms with Crippen LogP contribution in [0, 0.1) is 5.92 Å². The molecule has 1 fully saturated rings. The number of hydrazone groups is 1. The predicted octanol–water partition coefficient (Wildman–Crippen LogP) is 3.07. The molecule has 0 unspecified atom stereocenters. The molecular weight excluding hydrogens is 282 g/mol. The first kappa shape index (κ1) is 15.8. The summed E-state index contributed by atoms with van der Waals surface area (Å²) in [7, 11) is 1.65. The Morgan fingerprint density at radius 3 is 2.67 bits per heavy atom. The van der Waals surface area contributed by atoms with Gasteiger partial charge in [-0.25, -0.2) is 0 Å². The summed E-state index contributed by atoms with van der Waals surface area (Å²) in [5, 5.41) is 8.12. The lowest BCUT2D eigenvalue weighted by Crippen LogP contribution is -2.44. The minimum atomic E-state index is 0.468. The van der Waals surface area contributed by atoms with Crippen LogP contribution in [0.3, 0.4) is 0 Å². The van der Waals surface area contributed by atoms with E-state index >= 15 is 0 Å². The van der Waals surface area contributed by atoms with Crippen LogP contribution in [0.5, 0.6) is 5.75 Å². The topological polar surface area (TPSA) is 45.6 Å². The van der Waals surface area contributed by atoms with Gasteiger partial charge in [-0.05, 0) is 60.8 Å². The molecule has 0 aromatic heterocycles. The Morgan fingerprint density at radius 1 is 1.29 bits per heavy atom. The van der Waals surface area contributed by atoms with Gasteiger partial charge in [-0.15, -0.1) is 0 Å². The van der Waals surface area contributed by atoms with Gasteiger partial charge >= 0.3 is 0 Å². The first-order valence-corrected chi connectivity index (χ1v) is 7.83. The van der Waals surface area contributed by atoms with Gasteiger partial charge in [0.2, 0.25) is 0 Å². The van der Waals surface area contributed by atoms with Crippen molar-refractivity contribution < 1.29 is 4.74 Å². The molecule has 2 atom stereocenters. The fourth-order valence-corrected chi connectivity index (χ4v) is 2.79. The molecule has 1 aliphatic rings. The molecule has 0 bridgehead atoms. The molecule has 0 radical (unpaired) electrons. The molecule has 1 aromatic carbocycles. The van der Waals surface area contributed by atoms with Crippen molar-refractivity contribution in [2.24, 2.45) is 11.0 Å². The fourth-order valence-electron chi connectivity index (χ4n) is 2.59. The molecule has 21 heavy (non-hydrogen) atoms. The number of nitrogens with one attached hydrogen (secondary N) is 2. The highest BCUT2D eigenvalue weighted by atomic mass is 32.1. The maximum absolute atomic E-state index is 5.29. The van der Waals surface area contributed by atoms with Crippen molar-refractivity contribution in [3.05, 3.63) is 29.8 Å². The third-order valence-corrected chi connectivity index (χ3v) is 4.13. The van der Waals surface area contributed by atoms with Gasteiger partial charge in [0.1, 0.15) is 5.75 Å². The van der Waals surface area contributed by atoms with E-state index in [1.165, 1.54) is 25.7 Å². The summed E-state index contributed by atoms with van der Waals surface area (Å²) in [4.78, 5) is 0. The monoisotopic (exact) mass is 305 g/mol. The van der Waals surface area contributed by atoms with E-state index in [1.54, 1.807) is 13.3 Å². The average Bonchev–Trinajstić information content (AvgIpc) is 2.50. The van der Waals surface area contributed by atoms with Crippen molar-refractivity contribution in [1.82, 2.24) is 10.7 Å². The first-order valence-electron chi connectivity index (χ1n) is 7.42. The Bertz CT molecular complexity index is 487. The Morgan fingerprint density at radius 2 is 2.00 bits per heavy atom. The summed E-state index contributed by atoms with van der Waals surface area (Å²) in [6.45, 7) is 2.28. The van der Waals surface area contributed by atoms with Gasteiger partial charge in [-0.3, -0.25) is 5.43 Å². The molecule has 0 saturated heterocycles. The summed E-state index contributed by atoms with van der Waals surface area (Å²) >= 11 is 5.29. The number of rotatable bonds is 4. The number of hydrogen-bond acceptors (Lipinski definition) is 3. The molecule has 2 rings (SSSR count). The molecule has 0 heterocycles. The zero-order valence-corrected chi connectivity index (χ0v) is 13.5. The van der Waals surface area contributed by atoms with Crippen LogP contribution in [0.15, 0.2) is 29.4 Å². The lowest BCUT2D eigenvalue weighted by Gasteiger charge is -2.30. The molecule has 1 aliphatic carbocycles. The minimum absolute atomic E-state index is 0.468. The fraction of sp³-hybridized carbons (Fsp3) is 0.500. The van der Waals surface area contributed by atoms with E-state index in [4.69, 9.17) is 17.0 Å². The Labute approximate surface area is 132 Å². The van der Waals surface area contributed by atoms with Crippen molar-refractivity contribution in [1.29, 1.82) is 0 Å². The van der Waals surface area contributed by atoms with E-state index in [9.17, 15) is 0 Å². The smallest absolute Gasteiger partial charge is 0.187 e. The molecule has 2 N–H and O–H groups in total. The van der Waals surface area contributed by atoms with Crippen molar-refractivity contribution in [3.63, 3.8) is 0 Å². The maximum Gasteiger partial charge on any atom is 0.187 e. The third kappa shape index (κ3) is 5.01. The van der Waals surface area contributed by atoms with Crippen LogP contribution < -0.4 is 15.5 Å². The van der Waals surface area contributed by atoms with Crippen molar-refractivity contribution in [3.8, 4) is 5.75 Å². The van der Waals surface area contributed by atoms with Gasteiger partial charge < -0.3 is 10.1 Å². The standard InChI is InChI=1S/C16H23N3OS/c1-12-5-3-4-6-15(12)18-16(21)19-17-11-13-7-9-14(20-2)10-8-13/h7-12,15H,3-6H2,1-2H3,(H2,18,19,21)/b17-11-/t12-,15+/m0/s1. The second-order valence-electron chi connectivity index (χ2n) is 5.48. The van der Waals surface area contributed by atoms with Crippen molar-refractivity contribution in [2.75, 3.05) is 7.11 Å². The molecule has 0 aliphatic heterocycles. The number of ether oxygens (including phenoxy) is 1. The zero-order valence-electron chi connectivity index (χ0n) is 12.6. The van der Waals surface area contributed by atoms with Gasteiger partial charge in [-0.1, -0.05) is 19.8 Å². The van der Waals surface area contributed by atoms with Gasteiger partial charge in [0, 0.05) is 6.04 Å². The van der Waals surface area contributed by atoms with Crippen LogP contribution in [0.4, 0.5) is 0 Å². The second kappa shape index (κ2) is 7.98. The Hall–Kier alpha value is -1.62. The van der Waals surface area contributed by atoms with Crippen LogP contribution >= 0.6 is 12.2 Å². The molecule has 0 amide bonds. The summed E-state index contributed by atoms with van der Waals surface area (Å²) in [5.74, 6) is 1.51. The number of benzene rings is 1. The van der Waals surface area contributed by atoms with E-state index in [1.807, 2.05) is 24.3 Å². The molecular formula is C16H23N3OS. The average molecular weight is 305 g/mol. The SMILES string of the molecule is COc1ccc(/C=N\NC(=S)N[C@@H]2CCCC[C@@H]2C)cc1. The highest BCUT2D eigenvalue weighted by molar-refractivity contribution is 7.80. The van der Waals surface area contributed by atoms with Crippen LogP contribution in [0.25, 0.3) is 0 Å². The number of hydrogen-bond donors (Lipinski definition) is 2. The summed E-state index contributed by atoms with van der Waals surface area (Å²) in [6, 6.07) is 8.17. The Kier molecular flexibility index (Phi) is 5.99. The van der Waals surface area contributed by atoms with Crippen molar-refractivity contribution in [2.45, 2.75) is 38.6 Å². The molecule has 1 saturated carbocycles. The van der Waals surface area contributed by atoms with Crippen LogP contribution in [-0.4, -0.2) is 24.5 Å². The minimum Gasteiger partial charge on any atom is -0.497 e. The highest BCUT2D eigenvalue weighted by Gasteiger charge is 2.21. The van der Waals surface area contributed by atoms with Gasteiger partial charge in [-0.2, -0.15) is 5.10 Å². The molecule has 5 heteroatoms. The van der Waals surface area contributed by atoms with Gasteiger partial charge in [0.25, 0.3) is 0 Å². The van der Waals surface area contributed by atoms with Crippen molar-refractivity contribution >= 4 is 23.5 Å². The predicted molar refractivity (Wildman–Crippen MR) is 90.9 cm³/mol. The molecule has 114 valence electrons. The number of nitrogens with zero attached hydrogens (tertiary/aromatic N) is 1. The Balaban J connectivity index is 1.78. The largest absolute Gasteiger partial charge is 0.497 e. The van der Waals surface area contributed by atoms with E-state index in [-0.39, 0.29) is 0 Å². The van der Waals surface area contributed by atoms with Crippen LogP contribution in [-0.2, 0) is 0 Å². The lowest BCUT2D eigenvalue weighted by atomic mass is 9.86. The second-order valence-corrected chi connectivity index (χ2v) is 5.89. The lowest BCUT2D eigenvalue weighted by molar-refractivity contribution is 0.308. The van der Waals surface area contributed by atoms with E-state index in [0.29, 0.717) is 17.1 Å². The van der Waals surface area contributed by atoms with E-state index in [2.05, 4.69) is 22.8 Å². The van der Waals surface area contributed by atoms with E-state index < -0.39 is 0 Å².